The number of rotatable bonds is 7. The second kappa shape index (κ2) is 8.04. The van der Waals surface area contributed by atoms with Gasteiger partial charge in [-0.2, -0.15) is 10.5 Å². The van der Waals surface area contributed by atoms with Gasteiger partial charge in [0.1, 0.15) is 0 Å². The Morgan fingerprint density at radius 3 is 2.89 bits per heavy atom. The van der Waals surface area contributed by atoms with E-state index in [0.29, 0.717) is 5.92 Å². The molecule has 0 aliphatic rings. The molecule has 0 amide bonds. The van der Waals surface area contributed by atoms with Crippen LogP contribution in [-0.2, 0) is 6.42 Å². The van der Waals surface area contributed by atoms with Crippen molar-refractivity contribution in [3.63, 3.8) is 0 Å². The summed E-state index contributed by atoms with van der Waals surface area (Å²) in [4.78, 5) is 3.36. The lowest BCUT2D eigenvalue weighted by Gasteiger charge is -2.11. The average Bonchev–Trinajstić information content (AvgIpc) is 2.66. The molecular formula is C17H25NS. The van der Waals surface area contributed by atoms with E-state index in [1.54, 1.807) is 0 Å². The van der Waals surface area contributed by atoms with Crippen LogP contribution in [0, 0.1) is 12.8 Å². The van der Waals surface area contributed by atoms with Crippen LogP contribution in [0.15, 0.2) is 30.7 Å². The number of hydrogen-bond acceptors (Lipinski definition) is 0. The van der Waals surface area contributed by atoms with Crippen LogP contribution in [0.25, 0.3) is 6.08 Å². The van der Waals surface area contributed by atoms with E-state index in [-0.39, 0.29) is 10.5 Å². The highest BCUT2D eigenvalue weighted by atomic mass is 32.2. The second-order valence-corrected chi connectivity index (χ2v) is 7.05. The summed E-state index contributed by atoms with van der Waals surface area (Å²) in [5, 5.41) is 0. The zero-order chi connectivity index (χ0) is 14.3. The van der Waals surface area contributed by atoms with E-state index in [9.17, 15) is 0 Å². The lowest BCUT2D eigenvalue weighted by molar-refractivity contribution is 0.657. The summed E-state index contributed by atoms with van der Waals surface area (Å²) in [7, 11) is 0.282. The first-order chi connectivity index (χ1) is 9.04. The van der Waals surface area contributed by atoms with Crippen molar-refractivity contribution >= 4 is 22.4 Å². The summed E-state index contributed by atoms with van der Waals surface area (Å²) >= 11 is 0. The van der Waals surface area contributed by atoms with Crippen LogP contribution in [0.3, 0.4) is 0 Å². The highest BCUT2D eigenvalue weighted by Crippen LogP contribution is 2.21. The Bertz CT molecular complexity index is 501. The standard InChI is InChI=1S/C17H25NS/c1-6-7-8-9-10-17-15(3)16(12-18-17)11-14(2)13-19(4)5/h7,9-10,12,14,18H,1,4,8,11,13H2,2-3,5H3/b10-9-/t14-,19?/m0/s1. The van der Waals surface area contributed by atoms with E-state index in [4.69, 9.17) is 0 Å². The molecule has 0 fully saturated rings. The minimum atomic E-state index is 0.282. The molecule has 0 aromatic carbocycles. The van der Waals surface area contributed by atoms with Crippen molar-refractivity contribution < 1.29 is 0 Å². The molecule has 0 aliphatic carbocycles. The van der Waals surface area contributed by atoms with Gasteiger partial charge in [0.2, 0.25) is 0 Å². The topological polar surface area (TPSA) is 15.8 Å². The SMILES string of the molecule is C=C=CC/C=C\c1[nH]cc(C[C@H](C)CS(=C)C)c1C. The number of hydrogen-bond donors (Lipinski definition) is 1. The van der Waals surface area contributed by atoms with Crippen molar-refractivity contribution in [1.82, 2.24) is 4.98 Å². The minimum absolute atomic E-state index is 0.282. The molecule has 0 saturated carbocycles. The fraction of sp³-hybridized carbons (Fsp3) is 0.412. The monoisotopic (exact) mass is 275 g/mol. The van der Waals surface area contributed by atoms with Crippen molar-refractivity contribution in [2.24, 2.45) is 5.92 Å². The summed E-state index contributed by atoms with van der Waals surface area (Å²) in [6.45, 7) is 8.06. The van der Waals surface area contributed by atoms with E-state index >= 15 is 0 Å². The van der Waals surface area contributed by atoms with Crippen molar-refractivity contribution in [3.05, 3.63) is 47.5 Å². The van der Waals surface area contributed by atoms with Crippen LogP contribution in [-0.4, -0.2) is 22.9 Å². The summed E-state index contributed by atoms with van der Waals surface area (Å²) in [5.74, 6) is 6.00. The molecule has 2 atom stereocenters. The van der Waals surface area contributed by atoms with Crippen molar-refractivity contribution in [1.29, 1.82) is 0 Å². The highest BCUT2D eigenvalue weighted by molar-refractivity contribution is 8.13. The van der Waals surface area contributed by atoms with Gasteiger partial charge in [-0.1, -0.05) is 25.4 Å². The molecule has 1 heterocycles. The number of nitrogens with one attached hydrogen (secondary N) is 1. The van der Waals surface area contributed by atoms with E-state index in [1.807, 2.05) is 6.08 Å². The molecule has 1 nitrogen and oxygen atoms in total. The maximum Gasteiger partial charge on any atom is 0.0409 e. The normalized spacial score (nSPS) is 14.3. The number of aromatic nitrogens is 1. The quantitative estimate of drug-likeness (QED) is 0.554. The zero-order valence-electron chi connectivity index (χ0n) is 12.3. The van der Waals surface area contributed by atoms with Gasteiger partial charge in [0, 0.05) is 11.9 Å². The first kappa shape index (κ1) is 15.8. The molecular weight excluding hydrogens is 250 g/mol. The zero-order valence-corrected chi connectivity index (χ0v) is 13.1. The molecule has 1 N–H and O–H groups in total. The summed E-state index contributed by atoms with van der Waals surface area (Å²) in [5.41, 5.74) is 6.78. The predicted molar refractivity (Wildman–Crippen MR) is 91.3 cm³/mol. The van der Waals surface area contributed by atoms with Crippen LogP contribution >= 0.6 is 10.5 Å². The van der Waals surface area contributed by atoms with Crippen LogP contribution in [0.1, 0.15) is 30.2 Å². The van der Waals surface area contributed by atoms with Crippen molar-refractivity contribution in [3.8, 4) is 0 Å². The molecule has 2 heteroatoms. The average molecular weight is 275 g/mol. The van der Waals surface area contributed by atoms with Crippen LogP contribution in [0.4, 0.5) is 0 Å². The Labute approximate surface area is 120 Å². The smallest absolute Gasteiger partial charge is 0.0409 e. The van der Waals surface area contributed by atoms with E-state index < -0.39 is 0 Å². The van der Waals surface area contributed by atoms with Crippen LogP contribution in [0.2, 0.25) is 0 Å². The fourth-order valence-electron chi connectivity index (χ4n) is 2.20. The molecule has 1 unspecified atom stereocenters. The van der Waals surface area contributed by atoms with Crippen LogP contribution in [0.5, 0.6) is 0 Å². The first-order valence-corrected chi connectivity index (χ1v) is 8.61. The lowest BCUT2D eigenvalue weighted by atomic mass is 10.0. The predicted octanol–water partition coefficient (Wildman–Crippen LogP) is 4.58. The Balaban J connectivity index is 2.67. The second-order valence-electron chi connectivity index (χ2n) is 5.16. The molecule has 0 aliphatic heterocycles. The number of H-pyrrole nitrogens is 1. The third-order valence-corrected chi connectivity index (χ3v) is 4.25. The Morgan fingerprint density at radius 1 is 1.53 bits per heavy atom. The summed E-state index contributed by atoms with van der Waals surface area (Å²) in [6, 6.07) is 0. The Morgan fingerprint density at radius 2 is 2.26 bits per heavy atom. The molecule has 104 valence electrons. The van der Waals surface area contributed by atoms with Gasteiger partial charge in [0.25, 0.3) is 0 Å². The van der Waals surface area contributed by atoms with Gasteiger partial charge in [0.05, 0.1) is 0 Å². The molecule has 0 bridgehead atoms. The van der Waals surface area contributed by atoms with E-state index in [1.165, 1.54) is 22.6 Å². The largest absolute Gasteiger partial charge is 0.361 e. The maximum absolute atomic E-state index is 4.10. The third kappa shape index (κ3) is 5.50. The highest BCUT2D eigenvalue weighted by Gasteiger charge is 2.09. The minimum Gasteiger partial charge on any atom is -0.361 e. The van der Waals surface area contributed by atoms with Gasteiger partial charge in [-0.3, -0.25) is 0 Å². The van der Waals surface area contributed by atoms with E-state index in [2.05, 4.69) is 61.6 Å². The Hall–Kier alpha value is -1.24. The van der Waals surface area contributed by atoms with Gasteiger partial charge in [0.15, 0.2) is 0 Å². The van der Waals surface area contributed by atoms with Gasteiger partial charge in [-0.15, -0.1) is 5.73 Å². The Kier molecular flexibility index (Phi) is 6.69. The lowest BCUT2D eigenvalue weighted by Crippen LogP contribution is -2.03. The molecule has 19 heavy (non-hydrogen) atoms. The van der Waals surface area contributed by atoms with Gasteiger partial charge >= 0.3 is 0 Å². The first-order valence-electron chi connectivity index (χ1n) is 6.64. The van der Waals surface area contributed by atoms with Gasteiger partial charge < -0.3 is 4.98 Å². The molecule has 0 radical (unpaired) electrons. The fourth-order valence-corrected chi connectivity index (χ4v) is 3.29. The third-order valence-electron chi connectivity index (χ3n) is 3.11. The van der Waals surface area contributed by atoms with E-state index in [0.717, 1.165) is 12.8 Å². The van der Waals surface area contributed by atoms with Crippen molar-refractivity contribution in [2.45, 2.75) is 26.7 Å². The van der Waals surface area contributed by atoms with Gasteiger partial charge in [-0.25, -0.2) is 0 Å². The summed E-state index contributed by atoms with van der Waals surface area (Å²) in [6.07, 6.45) is 12.6. The molecule has 0 saturated heterocycles. The van der Waals surface area contributed by atoms with Gasteiger partial charge in [-0.05, 0) is 61.0 Å². The molecule has 1 aromatic rings. The maximum atomic E-state index is 4.10. The summed E-state index contributed by atoms with van der Waals surface area (Å²) < 4.78 is 0. The number of aromatic amines is 1. The molecule has 1 aromatic heterocycles. The molecule has 0 spiro atoms. The van der Waals surface area contributed by atoms with Crippen molar-refractivity contribution in [2.75, 3.05) is 12.0 Å². The van der Waals surface area contributed by atoms with Crippen LogP contribution < -0.4 is 0 Å². The molecule has 1 rings (SSSR count). The number of allylic oxidation sites excluding steroid dienone is 2.